The first-order valence-electron chi connectivity index (χ1n) is 6.03. The molecule has 0 saturated carbocycles. The highest BCUT2D eigenvalue weighted by molar-refractivity contribution is 7.98. The molecule has 0 saturated heterocycles. The second-order valence-corrected chi connectivity index (χ2v) is 5.53. The molecular weight excluding hydrogens is 310 g/mol. The summed E-state index contributed by atoms with van der Waals surface area (Å²) in [7, 11) is 0. The summed E-state index contributed by atoms with van der Waals surface area (Å²) in [6.07, 6.45) is 1.61. The van der Waals surface area contributed by atoms with Crippen molar-refractivity contribution in [3.63, 3.8) is 0 Å². The van der Waals surface area contributed by atoms with Crippen LogP contribution in [0.3, 0.4) is 0 Å². The van der Waals surface area contributed by atoms with E-state index in [1.807, 2.05) is 6.07 Å². The maximum absolute atomic E-state index is 9.31. The first-order chi connectivity index (χ1) is 10.2. The van der Waals surface area contributed by atoms with Crippen LogP contribution in [-0.2, 0) is 5.75 Å². The monoisotopic (exact) mass is 319 g/mol. The number of rotatable bonds is 4. The van der Waals surface area contributed by atoms with Crippen molar-refractivity contribution in [3.8, 4) is 11.4 Å². The summed E-state index contributed by atoms with van der Waals surface area (Å²) in [5, 5.41) is 22.2. The van der Waals surface area contributed by atoms with Crippen LogP contribution in [0.15, 0.2) is 47.8 Å². The van der Waals surface area contributed by atoms with Crippen LogP contribution in [0.25, 0.3) is 5.69 Å². The predicted molar refractivity (Wildman–Crippen MR) is 79.6 cm³/mol. The Morgan fingerprint density at radius 2 is 1.95 bits per heavy atom. The van der Waals surface area contributed by atoms with Gasteiger partial charge in [0.25, 0.3) is 0 Å². The van der Waals surface area contributed by atoms with Gasteiger partial charge in [-0.15, -0.1) is 5.10 Å². The first-order valence-corrected chi connectivity index (χ1v) is 7.40. The number of halogens is 1. The number of tetrazole rings is 1. The molecular formula is C13H10ClN5OS. The SMILES string of the molecule is Oc1ccc(-n2nnnc2SCc2ccc(Cl)cn2)cc1. The summed E-state index contributed by atoms with van der Waals surface area (Å²) < 4.78 is 1.61. The topological polar surface area (TPSA) is 76.7 Å². The third-order valence-electron chi connectivity index (χ3n) is 2.67. The lowest BCUT2D eigenvalue weighted by Gasteiger charge is -2.04. The quantitative estimate of drug-likeness (QED) is 0.745. The minimum atomic E-state index is 0.200. The van der Waals surface area contributed by atoms with Crippen molar-refractivity contribution in [2.45, 2.75) is 10.9 Å². The van der Waals surface area contributed by atoms with Crippen molar-refractivity contribution in [3.05, 3.63) is 53.3 Å². The van der Waals surface area contributed by atoms with Crippen LogP contribution in [0.5, 0.6) is 5.75 Å². The second-order valence-electron chi connectivity index (χ2n) is 4.15. The van der Waals surface area contributed by atoms with E-state index in [0.717, 1.165) is 11.4 Å². The van der Waals surface area contributed by atoms with Crippen molar-refractivity contribution in [1.29, 1.82) is 0 Å². The summed E-state index contributed by atoms with van der Waals surface area (Å²) in [5.74, 6) is 0.835. The van der Waals surface area contributed by atoms with Gasteiger partial charge in [-0.25, -0.2) is 0 Å². The highest BCUT2D eigenvalue weighted by Crippen LogP contribution is 2.23. The lowest BCUT2D eigenvalue weighted by molar-refractivity contribution is 0.475. The van der Waals surface area contributed by atoms with E-state index >= 15 is 0 Å². The maximum Gasteiger partial charge on any atom is 0.214 e. The largest absolute Gasteiger partial charge is 0.508 e. The molecule has 0 aliphatic rings. The summed E-state index contributed by atoms with van der Waals surface area (Å²) in [6.45, 7) is 0. The zero-order chi connectivity index (χ0) is 14.7. The average Bonchev–Trinajstić information content (AvgIpc) is 2.96. The molecule has 0 atom stereocenters. The molecule has 2 aromatic heterocycles. The fourth-order valence-electron chi connectivity index (χ4n) is 1.66. The third-order valence-corrected chi connectivity index (χ3v) is 3.85. The molecule has 8 heteroatoms. The van der Waals surface area contributed by atoms with E-state index in [0.29, 0.717) is 15.9 Å². The third kappa shape index (κ3) is 3.32. The van der Waals surface area contributed by atoms with Crippen LogP contribution >= 0.6 is 23.4 Å². The highest BCUT2D eigenvalue weighted by Gasteiger charge is 2.09. The van der Waals surface area contributed by atoms with Crippen molar-refractivity contribution in [2.24, 2.45) is 0 Å². The molecule has 0 fully saturated rings. The molecule has 6 nitrogen and oxygen atoms in total. The molecule has 0 amide bonds. The second kappa shape index (κ2) is 6.11. The summed E-state index contributed by atoms with van der Waals surface area (Å²) in [4.78, 5) is 4.23. The Morgan fingerprint density at radius 1 is 1.14 bits per heavy atom. The number of phenols is 1. The average molecular weight is 320 g/mol. The van der Waals surface area contributed by atoms with Crippen molar-refractivity contribution >= 4 is 23.4 Å². The molecule has 0 spiro atoms. The van der Waals surface area contributed by atoms with E-state index in [9.17, 15) is 5.11 Å². The van der Waals surface area contributed by atoms with E-state index in [1.54, 1.807) is 41.2 Å². The standard InChI is InChI=1S/C13H10ClN5OS/c14-9-1-2-10(15-7-9)8-21-13-16-17-18-19(13)11-3-5-12(20)6-4-11/h1-7,20H,8H2. The number of hydrogen-bond donors (Lipinski definition) is 1. The molecule has 106 valence electrons. The molecule has 0 aliphatic heterocycles. The zero-order valence-electron chi connectivity index (χ0n) is 10.7. The van der Waals surface area contributed by atoms with Gasteiger partial charge in [0.2, 0.25) is 5.16 Å². The van der Waals surface area contributed by atoms with Gasteiger partial charge in [-0.05, 0) is 46.8 Å². The van der Waals surface area contributed by atoms with Crippen LogP contribution in [0.2, 0.25) is 5.02 Å². The van der Waals surface area contributed by atoms with Crippen LogP contribution in [0.4, 0.5) is 0 Å². The molecule has 2 heterocycles. The van der Waals surface area contributed by atoms with E-state index in [-0.39, 0.29) is 5.75 Å². The number of nitrogens with zero attached hydrogens (tertiary/aromatic N) is 5. The summed E-state index contributed by atoms with van der Waals surface area (Å²) >= 11 is 7.27. The summed E-state index contributed by atoms with van der Waals surface area (Å²) in [6, 6.07) is 10.3. The molecule has 0 unspecified atom stereocenters. The fraction of sp³-hybridized carbons (Fsp3) is 0.0769. The number of benzene rings is 1. The van der Waals surface area contributed by atoms with Gasteiger partial charge in [-0.3, -0.25) is 4.98 Å². The fourth-order valence-corrected chi connectivity index (χ4v) is 2.57. The predicted octanol–water partition coefficient (Wildman–Crippen LogP) is 2.71. The lowest BCUT2D eigenvalue weighted by atomic mass is 10.3. The first kappa shape index (κ1) is 13.8. The minimum absolute atomic E-state index is 0.200. The smallest absolute Gasteiger partial charge is 0.214 e. The zero-order valence-corrected chi connectivity index (χ0v) is 12.3. The minimum Gasteiger partial charge on any atom is -0.508 e. The summed E-state index contributed by atoms with van der Waals surface area (Å²) in [5.41, 5.74) is 1.68. The Labute approximate surface area is 129 Å². The molecule has 3 rings (SSSR count). The Hall–Kier alpha value is -2.12. The number of aromatic nitrogens is 5. The lowest BCUT2D eigenvalue weighted by Crippen LogP contribution is -1.99. The van der Waals surface area contributed by atoms with Crippen LogP contribution < -0.4 is 0 Å². The van der Waals surface area contributed by atoms with E-state index < -0.39 is 0 Å². The highest BCUT2D eigenvalue weighted by atomic mass is 35.5. The number of aromatic hydroxyl groups is 1. The molecule has 0 radical (unpaired) electrons. The van der Waals surface area contributed by atoms with Gasteiger partial charge in [0.05, 0.1) is 16.4 Å². The number of thioether (sulfide) groups is 1. The van der Waals surface area contributed by atoms with Crippen LogP contribution in [-0.4, -0.2) is 30.3 Å². The Bertz CT molecular complexity index is 729. The van der Waals surface area contributed by atoms with Gasteiger partial charge >= 0.3 is 0 Å². The van der Waals surface area contributed by atoms with E-state index in [2.05, 4.69) is 20.5 Å². The molecule has 1 N–H and O–H groups in total. The maximum atomic E-state index is 9.31. The molecule has 0 aliphatic carbocycles. The van der Waals surface area contributed by atoms with Crippen molar-refractivity contribution in [2.75, 3.05) is 0 Å². The Balaban J connectivity index is 1.76. The van der Waals surface area contributed by atoms with E-state index in [4.69, 9.17) is 11.6 Å². The molecule has 0 bridgehead atoms. The normalized spacial score (nSPS) is 10.7. The number of hydrogen-bond acceptors (Lipinski definition) is 6. The molecule has 3 aromatic rings. The molecule has 1 aromatic carbocycles. The van der Waals surface area contributed by atoms with Crippen molar-refractivity contribution in [1.82, 2.24) is 25.2 Å². The van der Waals surface area contributed by atoms with Crippen molar-refractivity contribution < 1.29 is 5.11 Å². The van der Waals surface area contributed by atoms with Crippen LogP contribution in [0, 0.1) is 0 Å². The number of pyridine rings is 1. The molecule has 21 heavy (non-hydrogen) atoms. The van der Waals surface area contributed by atoms with E-state index in [1.165, 1.54) is 11.8 Å². The van der Waals surface area contributed by atoms with Gasteiger partial charge in [0.15, 0.2) is 0 Å². The van der Waals surface area contributed by atoms with Gasteiger partial charge in [0, 0.05) is 11.9 Å². The van der Waals surface area contributed by atoms with Gasteiger partial charge in [-0.2, -0.15) is 4.68 Å². The Kier molecular flexibility index (Phi) is 4.03. The number of phenolic OH excluding ortho intramolecular Hbond substituents is 1. The van der Waals surface area contributed by atoms with Crippen LogP contribution in [0.1, 0.15) is 5.69 Å². The Morgan fingerprint density at radius 3 is 2.67 bits per heavy atom. The van der Waals surface area contributed by atoms with Gasteiger partial charge in [-0.1, -0.05) is 23.4 Å². The van der Waals surface area contributed by atoms with Gasteiger partial charge in [0.1, 0.15) is 5.75 Å². The van der Waals surface area contributed by atoms with Gasteiger partial charge < -0.3 is 5.11 Å².